The number of rotatable bonds is 6. The van der Waals surface area contributed by atoms with Crippen LogP contribution >= 0.6 is 0 Å². The van der Waals surface area contributed by atoms with Crippen molar-refractivity contribution in [3.63, 3.8) is 0 Å². The third-order valence-corrected chi connectivity index (χ3v) is 2.25. The maximum Gasteiger partial charge on any atom is 0.242 e. The SMILES string of the molecule is CC(C)[C@H](N)C(=O)NCC(=O)N(C)CC(N)=O. The zero-order valence-electron chi connectivity index (χ0n) is 10.4. The summed E-state index contributed by atoms with van der Waals surface area (Å²) in [6.07, 6.45) is 0. The number of amides is 3. The van der Waals surface area contributed by atoms with Crippen molar-refractivity contribution in [2.75, 3.05) is 20.1 Å². The minimum absolute atomic E-state index is 0.00606. The molecular weight excluding hydrogens is 224 g/mol. The number of likely N-dealkylation sites (N-methyl/N-ethyl adjacent to an activating group) is 1. The van der Waals surface area contributed by atoms with Gasteiger partial charge in [-0.25, -0.2) is 0 Å². The third-order valence-electron chi connectivity index (χ3n) is 2.25. The molecule has 0 aromatic carbocycles. The summed E-state index contributed by atoms with van der Waals surface area (Å²) in [5.41, 5.74) is 10.5. The van der Waals surface area contributed by atoms with Crippen molar-refractivity contribution < 1.29 is 14.4 Å². The minimum atomic E-state index is -0.649. The molecule has 0 aliphatic heterocycles. The van der Waals surface area contributed by atoms with Gasteiger partial charge in [-0.3, -0.25) is 14.4 Å². The fourth-order valence-electron chi connectivity index (χ4n) is 1.04. The van der Waals surface area contributed by atoms with Crippen molar-refractivity contribution in [1.29, 1.82) is 0 Å². The van der Waals surface area contributed by atoms with Gasteiger partial charge in [0.1, 0.15) is 0 Å². The summed E-state index contributed by atoms with van der Waals surface area (Å²) >= 11 is 0. The zero-order valence-corrected chi connectivity index (χ0v) is 10.4. The molecule has 17 heavy (non-hydrogen) atoms. The van der Waals surface area contributed by atoms with Crippen LogP contribution in [0.4, 0.5) is 0 Å². The van der Waals surface area contributed by atoms with Gasteiger partial charge >= 0.3 is 0 Å². The molecule has 0 radical (unpaired) electrons. The lowest BCUT2D eigenvalue weighted by atomic mass is 10.1. The first-order chi connectivity index (χ1) is 7.75. The summed E-state index contributed by atoms with van der Waals surface area (Å²) in [6, 6.07) is -0.649. The molecule has 0 aromatic rings. The Hall–Kier alpha value is -1.63. The molecule has 0 spiro atoms. The van der Waals surface area contributed by atoms with Crippen molar-refractivity contribution in [2.24, 2.45) is 17.4 Å². The van der Waals surface area contributed by atoms with Crippen molar-refractivity contribution >= 4 is 17.7 Å². The van der Waals surface area contributed by atoms with Gasteiger partial charge in [0.25, 0.3) is 0 Å². The van der Waals surface area contributed by atoms with Crippen LogP contribution in [0, 0.1) is 5.92 Å². The summed E-state index contributed by atoms with van der Waals surface area (Å²) in [7, 11) is 1.43. The molecule has 0 rings (SSSR count). The second-order valence-electron chi connectivity index (χ2n) is 4.20. The van der Waals surface area contributed by atoms with Crippen LogP contribution in [0.1, 0.15) is 13.8 Å². The first kappa shape index (κ1) is 15.4. The van der Waals surface area contributed by atoms with Crippen LogP contribution in [-0.4, -0.2) is 48.8 Å². The summed E-state index contributed by atoms with van der Waals surface area (Å²) in [5.74, 6) is -1.39. The van der Waals surface area contributed by atoms with Crippen LogP contribution in [0.15, 0.2) is 0 Å². The van der Waals surface area contributed by atoms with E-state index >= 15 is 0 Å². The molecule has 0 aromatic heterocycles. The molecule has 7 heteroatoms. The number of nitrogens with one attached hydrogen (secondary N) is 1. The molecule has 0 aliphatic carbocycles. The van der Waals surface area contributed by atoms with E-state index in [2.05, 4.69) is 5.32 Å². The van der Waals surface area contributed by atoms with Crippen LogP contribution in [0.2, 0.25) is 0 Å². The lowest BCUT2D eigenvalue weighted by molar-refractivity contribution is -0.134. The molecule has 1 atom stereocenters. The summed E-state index contributed by atoms with van der Waals surface area (Å²) in [5, 5.41) is 2.41. The number of hydrogen-bond donors (Lipinski definition) is 3. The fraction of sp³-hybridized carbons (Fsp3) is 0.700. The Labute approximate surface area is 100 Å². The molecule has 0 unspecified atom stereocenters. The van der Waals surface area contributed by atoms with Gasteiger partial charge < -0.3 is 21.7 Å². The average Bonchev–Trinajstić information content (AvgIpc) is 2.22. The topological polar surface area (TPSA) is 119 Å². The molecular formula is C10H20N4O3. The molecule has 0 bridgehead atoms. The smallest absolute Gasteiger partial charge is 0.242 e. The monoisotopic (exact) mass is 244 g/mol. The number of nitrogens with zero attached hydrogens (tertiary/aromatic N) is 1. The van der Waals surface area contributed by atoms with Crippen LogP contribution in [-0.2, 0) is 14.4 Å². The Bertz CT molecular complexity index is 304. The molecule has 0 fully saturated rings. The Morgan fingerprint density at radius 3 is 2.24 bits per heavy atom. The van der Waals surface area contributed by atoms with Crippen molar-refractivity contribution in [3.8, 4) is 0 Å². The molecule has 7 nitrogen and oxygen atoms in total. The number of carbonyl (C=O) groups is 3. The van der Waals surface area contributed by atoms with Crippen molar-refractivity contribution in [3.05, 3.63) is 0 Å². The molecule has 0 aliphatic rings. The average molecular weight is 244 g/mol. The van der Waals surface area contributed by atoms with Gasteiger partial charge in [0.15, 0.2) is 0 Å². The van der Waals surface area contributed by atoms with Gasteiger partial charge in [-0.05, 0) is 5.92 Å². The highest BCUT2D eigenvalue weighted by Crippen LogP contribution is 1.97. The zero-order chi connectivity index (χ0) is 13.6. The first-order valence-electron chi connectivity index (χ1n) is 5.31. The highest BCUT2D eigenvalue weighted by molar-refractivity contribution is 5.89. The van der Waals surface area contributed by atoms with Crippen LogP contribution < -0.4 is 16.8 Å². The quantitative estimate of drug-likeness (QED) is 0.502. The second kappa shape index (κ2) is 6.85. The minimum Gasteiger partial charge on any atom is -0.368 e. The van der Waals surface area contributed by atoms with E-state index in [1.165, 1.54) is 7.05 Å². The summed E-state index contributed by atoms with van der Waals surface area (Å²) in [4.78, 5) is 34.6. The van der Waals surface area contributed by atoms with E-state index in [0.717, 1.165) is 4.90 Å². The van der Waals surface area contributed by atoms with Gasteiger partial charge in [-0.2, -0.15) is 0 Å². The Kier molecular flexibility index (Phi) is 6.19. The Morgan fingerprint density at radius 2 is 1.82 bits per heavy atom. The maximum atomic E-state index is 11.4. The van der Waals surface area contributed by atoms with Crippen molar-refractivity contribution in [2.45, 2.75) is 19.9 Å². The van der Waals surface area contributed by atoms with E-state index in [9.17, 15) is 14.4 Å². The molecule has 0 saturated heterocycles. The third kappa shape index (κ3) is 5.86. The van der Waals surface area contributed by atoms with E-state index in [1.54, 1.807) is 0 Å². The Balaban J connectivity index is 4.07. The van der Waals surface area contributed by atoms with E-state index in [0.29, 0.717) is 0 Å². The standard InChI is InChI=1S/C10H20N4O3/c1-6(2)9(12)10(17)13-4-8(16)14(3)5-7(11)15/h6,9H,4-5,12H2,1-3H3,(H2,11,15)(H,13,17)/t9-/m0/s1. The number of nitrogens with two attached hydrogens (primary N) is 2. The van der Waals surface area contributed by atoms with Crippen LogP contribution in [0.25, 0.3) is 0 Å². The van der Waals surface area contributed by atoms with Crippen molar-refractivity contribution in [1.82, 2.24) is 10.2 Å². The lowest BCUT2D eigenvalue weighted by Gasteiger charge is -2.18. The number of primary amides is 1. The van der Waals surface area contributed by atoms with E-state index in [4.69, 9.17) is 11.5 Å². The first-order valence-corrected chi connectivity index (χ1v) is 5.31. The van der Waals surface area contributed by atoms with Gasteiger partial charge in [-0.15, -0.1) is 0 Å². The predicted octanol–water partition coefficient (Wildman–Crippen LogP) is -1.97. The van der Waals surface area contributed by atoms with Gasteiger partial charge in [0.2, 0.25) is 17.7 Å². The van der Waals surface area contributed by atoms with Crippen LogP contribution in [0.3, 0.4) is 0 Å². The van der Waals surface area contributed by atoms with Gasteiger partial charge in [0.05, 0.1) is 19.1 Å². The molecule has 3 amide bonds. The number of hydrogen-bond acceptors (Lipinski definition) is 4. The van der Waals surface area contributed by atoms with Gasteiger partial charge in [0, 0.05) is 7.05 Å². The summed E-state index contributed by atoms with van der Waals surface area (Å²) in [6.45, 7) is 3.25. The summed E-state index contributed by atoms with van der Waals surface area (Å²) < 4.78 is 0. The van der Waals surface area contributed by atoms with E-state index in [-0.39, 0.29) is 24.9 Å². The highest BCUT2D eigenvalue weighted by atomic mass is 16.2. The number of carbonyl (C=O) groups excluding carboxylic acids is 3. The normalized spacial score (nSPS) is 12.1. The molecule has 98 valence electrons. The molecule has 0 saturated carbocycles. The molecule has 5 N–H and O–H groups in total. The largest absolute Gasteiger partial charge is 0.368 e. The van der Waals surface area contributed by atoms with E-state index < -0.39 is 17.9 Å². The van der Waals surface area contributed by atoms with E-state index in [1.807, 2.05) is 13.8 Å². The fourth-order valence-corrected chi connectivity index (χ4v) is 1.04. The lowest BCUT2D eigenvalue weighted by Crippen LogP contribution is -2.48. The maximum absolute atomic E-state index is 11.4. The highest BCUT2D eigenvalue weighted by Gasteiger charge is 2.18. The predicted molar refractivity (Wildman–Crippen MR) is 62.7 cm³/mol. The second-order valence-corrected chi connectivity index (χ2v) is 4.20. The van der Waals surface area contributed by atoms with Crippen LogP contribution in [0.5, 0.6) is 0 Å². The Morgan fingerprint density at radius 1 is 1.29 bits per heavy atom. The molecule has 0 heterocycles. The van der Waals surface area contributed by atoms with Gasteiger partial charge in [-0.1, -0.05) is 13.8 Å².